The third-order valence-electron chi connectivity index (χ3n) is 12.6. The smallest absolute Gasteiger partial charge is 0.432 e. The minimum atomic E-state index is -6.56. The van der Waals surface area contributed by atoms with Crippen LogP contribution in [0.25, 0.3) is 0 Å². The molecule has 4 aliphatic carbocycles. The van der Waals surface area contributed by atoms with Crippen molar-refractivity contribution in [2.45, 2.75) is 135 Å². The molecule has 0 aromatic carbocycles. The molecule has 4 saturated carbocycles. The maximum atomic E-state index is 14.0. The molecule has 0 heterocycles. The van der Waals surface area contributed by atoms with Gasteiger partial charge in [-0.05, 0) is 85.9 Å². The SMILES string of the molecule is CC(=O)OC1CC2CC(C)CCC2(C)C2CC(OC(C)=O)C3(C)C(C(C)CCC(=O)OC(C(F)(F)F)C(F)(F)S(=O)(=O)O)CCCC3C12. The molecule has 0 aliphatic heterocycles. The maximum absolute atomic E-state index is 14.0. The van der Waals surface area contributed by atoms with Crippen LogP contribution in [0.5, 0.6) is 0 Å². The van der Waals surface area contributed by atoms with Crippen molar-refractivity contribution < 1.29 is 63.5 Å². The van der Waals surface area contributed by atoms with Crippen LogP contribution in [-0.4, -0.2) is 60.6 Å². The molecule has 0 aromatic heterocycles. The molecule has 0 radical (unpaired) electrons. The summed E-state index contributed by atoms with van der Waals surface area (Å²) in [5.74, 6) is -2.26. The fourth-order valence-corrected chi connectivity index (χ4v) is 10.9. The summed E-state index contributed by atoms with van der Waals surface area (Å²) >= 11 is 0. The van der Waals surface area contributed by atoms with Crippen LogP contribution in [-0.2, 0) is 38.7 Å². The van der Waals surface area contributed by atoms with Crippen LogP contribution in [0.1, 0.15) is 106 Å². The highest BCUT2D eigenvalue weighted by Crippen LogP contribution is 2.68. The average Bonchev–Trinajstić information content (AvgIpc) is 2.93. The van der Waals surface area contributed by atoms with Gasteiger partial charge in [-0.25, -0.2) is 0 Å². The molecule has 0 spiro atoms. The Balaban J connectivity index is 1.63. The van der Waals surface area contributed by atoms with E-state index in [1.807, 2.05) is 6.92 Å². The molecule has 276 valence electrons. The Kier molecular flexibility index (Phi) is 11.0. The van der Waals surface area contributed by atoms with E-state index >= 15 is 0 Å². The van der Waals surface area contributed by atoms with Crippen molar-refractivity contribution in [1.29, 1.82) is 0 Å². The molecule has 4 rings (SSSR count). The van der Waals surface area contributed by atoms with Crippen LogP contribution in [0, 0.1) is 52.3 Å². The zero-order valence-electron chi connectivity index (χ0n) is 28.4. The van der Waals surface area contributed by atoms with E-state index in [1.165, 1.54) is 13.8 Å². The van der Waals surface area contributed by atoms with E-state index in [9.17, 15) is 44.8 Å². The number of carbonyl (C=O) groups excluding carboxylic acids is 3. The summed E-state index contributed by atoms with van der Waals surface area (Å²) < 4.78 is 115. The largest absolute Gasteiger partial charge is 0.462 e. The van der Waals surface area contributed by atoms with Gasteiger partial charge in [0.25, 0.3) is 6.10 Å². The molecule has 0 aromatic rings. The van der Waals surface area contributed by atoms with E-state index in [4.69, 9.17) is 14.0 Å². The third kappa shape index (κ3) is 7.23. The van der Waals surface area contributed by atoms with Crippen LogP contribution in [0.4, 0.5) is 22.0 Å². The van der Waals surface area contributed by atoms with Gasteiger partial charge in [-0.15, -0.1) is 0 Å². The van der Waals surface area contributed by atoms with E-state index in [2.05, 4.69) is 18.6 Å². The van der Waals surface area contributed by atoms with Gasteiger partial charge >= 0.3 is 39.5 Å². The van der Waals surface area contributed by atoms with Gasteiger partial charge in [-0.3, -0.25) is 18.9 Å². The van der Waals surface area contributed by atoms with E-state index in [0.717, 1.165) is 38.5 Å². The Bertz CT molecular complexity index is 1340. The Morgan fingerprint density at radius 1 is 0.938 bits per heavy atom. The second-order valence-corrected chi connectivity index (χ2v) is 17.0. The number of esters is 3. The highest BCUT2D eigenvalue weighted by Gasteiger charge is 2.67. The van der Waals surface area contributed by atoms with Gasteiger partial charge in [0, 0.05) is 31.6 Å². The van der Waals surface area contributed by atoms with Gasteiger partial charge in [0.15, 0.2) is 0 Å². The lowest BCUT2D eigenvalue weighted by Crippen LogP contribution is -2.65. The van der Waals surface area contributed by atoms with Gasteiger partial charge in [-0.1, -0.05) is 40.5 Å². The van der Waals surface area contributed by atoms with E-state index in [0.29, 0.717) is 24.7 Å². The molecule has 1 N–H and O–H groups in total. The molecule has 4 aliphatic rings. The first-order valence-electron chi connectivity index (χ1n) is 16.9. The summed E-state index contributed by atoms with van der Waals surface area (Å²) in [6.45, 7) is 11.1. The Morgan fingerprint density at radius 3 is 2.12 bits per heavy atom. The van der Waals surface area contributed by atoms with Crippen molar-refractivity contribution in [3.8, 4) is 0 Å². The van der Waals surface area contributed by atoms with Crippen molar-refractivity contribution in [2.75, 3.05) is 0 Å². The molecule has 12 unspecified atom stereocenters. The van der Waals surface area contributed by atoms with E-state index in [1.54, 1.807) is 6.92 Å². The monoisotopic (exact) mass is 716 g/mol. The number of hydrogen-bond acceptors (Lipinski definition) is 8. The number of alkyl halides is 5. The van der Waals surface area contributed by atoms with Gasteiger partial charge in [0.2, 0.25) is 0 Å². The number of hydrogen-bond donors (Lipinski definition) is 1. The van der Waals surface area contributed by atoms with Crippen LogP contribution < -0.4 is 0 Å². The molecule has 48 heavy (non-hydrogen) atoms. The van der Waals surface area contributed by atoms with Crippen molar-refractivity contribution in [1.82, 2.24) is 0 Å². The molecule has 4 fully saturated rings. The minimum absolute atomic E-state index is 0.0319. The second-order valence-electron chi connectivity index (χ2n) is 15.5. The van der Waals surface area contributed by atoms with Crippen LogP contribution >= 0.6 is 0 Å². The fourth-order valence-electron chi connectivity index (χ4n) is 10.4. The number of ether oxygens (including phenoxy) is 3. The van der Waals surface area contributed by atoms with Crippen molar-refractivity contribution in [2.24, 2.45) is 52.3 Å². The molecule has 0 saturated heterocycles. The van der Waals surface area contributed by atoms with Crippen molar-refractivity contribution >= 4 is 28.0 Å². The molecule has 0 amide bonds. The molecule has 9 nitrogen and oxygen atoms in total. The van der Waals surface area contributed by atoms with Gasteiger partial charge in [0.1, 0.15) is 12.2 Å². The number of rotatable bonds is 9. The molecular weight excluding hydrogens is 667 g/mol. The molecule has 0 bridgehead atoms. The highest BCUT2D eigenvalue weighted by molar-refractivity contribution is 7.86. The zero-order chi connectivity index (χ0) is 36.2. The van der Waals surface area contributed by atoms with Gasteiger partial charge < -0.3 is 14.2 Å². The Morgan fingerprint density at radius 2 is 1.56 bits per heavy atom. The van der Waals surface area contributed by atoms with Crippen molar-refractivity contribution in [3.05, 3.63) is 0 Å². The molecular formula is C33H49F5O9S. The highest BCUT2D eigenvalue weighted by atomic mass is 32.2. The van der Waals surface area contributed by atoms with Crippen LogP contribution in [0.15, 0.2) is 0 Å². The van der Waals surface area contributed by atoms with Crippen molar-refractivity contribution in [3.63, 3.8) is 0 Å². The Labute approximate surface area is 279 Å². The summed E-state index contributed by atoms with van der Waals surface area (Å²) in [5, 5.41) is -5.81. The van der Waals surface area contributed by atoms with Gasteiger partial charge in [0.05, 0.1) is 0 Å². The average molecular weight is 717 g/mol. The Hall–Kier alpha value is -2.03. The topological polar surface area (TPSA) is 133 Å². The fraction of sp³-hybridized carbons (Fsp3) is 0.909. The predicted molar refractivity (Wildman–Crippen MR) is 162 cm³/mol. The normalized spacial score (nSPS) is 38.3. The molecule has 15 heteroatoms. The van der Waals surface area contributed by atoms with Crippen LogP contribution in [0.2, 0.25) is 0 Å². The summed E-state index contributed by atoms with van der Waals surface area (Å²) in [6, 6.07) is 0. The second kappa shape index (κ2) is 13.6. The number of carbonyl (C=O) groups is 3. The lowest BCUT2D eigenvalue weighted by Gasteiger charge is -2.67. The molecule has 12 atom stereocenters. The van der Waals surface area contributed by atoms with Gasteiger partial charge in [-0.2, -0.15) is 30.4 Å². The quantitative estimate of drug-likeness (QED) is 0.115. The first-order chi connectivity index (χ1) is 21.9. The van der Waals surface area contributed by atoms with E-state index < -0.39 is 57.5 Å². The maximum Gasteiger partial charge on any atom is 0.432 e. The summed E-state index contributed by atoms with van der Waals surface area (Å²) in [6.07, 6.45) is -5.54. The minimum Gasteiger partial charge on any atom is -0.462 e. The summed E-state index contributed by atoms with van der Waals surface area (Å²) in [7, 11) is -6.56. The first-order valence-corrected chi connectivity index (χ1v) is 18.3. The summed E-state index contributed by atoms with van der Waals surface area (Å²) in [5.41, 5.74) is -0.737. The lowest BCUT2D eigenvalue weighted by molar-refractivity contribution is -0.259. The van der Waals surface area contributed by atoms with E-state index in [-0.39, 0.29) is 53.5 Å². The number of halogens is 5. The summed E-state index contributed by atoms with van der Waals surface area (Å²) in [4.78, 5) is 37.5. The standard InChI is InChI=1S/C33H49F5O9S/c1-17-12-13-30(5)21(14-17)15-25(45-19(3)39)28-23-9-7-8-22(31(23,6)26(16-24(28)30)46-20(4)40)18(2)10-11-27(41)47-29(32(34,35)36)33(37,38)48(42,43)44/h17-18,21-26,28-29H,7-16H2,1-6H3,(H,42,43,44). The third-order valence-corrected chi connectivity index (χ3v) is 13.5. The first kappa shape index (κ1) is 38.8. The van der Waals surface area contributed by atoms with Crippen LogP contribution in [0.3, 0.4) is 0 Å². The zero-order valence-corrected chi connectivity index (χ0v) is 29.2. The predicted octanol–water partition coefficient (Wildman–Crippen LogP) is 7.13. The lowest BCUT2D eigenvalue weighted by atomic mass is 9.39. The number of fused-ring (bicyclic) bond motifs is 5.